The van der Waals surface area contributed by atoms with E-state index in [1.54, 1.807) is 0 Å². The molecule has 3 N–H and O–H groups in total. The van der Waals surface area contributed by atoms with Crippen LogP contribution in [0.4, 0.5) is 0 Å². The quantitative estimate of drug-likeness (QED) is 0.593. The lowest BCUT2D eigenvalue weighted by atomic mass is 9.93. The number of aliphatic hydroxyl groups excluding tert-OH is 1. The van der Waals surface area contributed by atoms with Gasteiger partial charge >= 0.3 is 0 Å². The van der Waals surface area contributed by atoms with Crippen molar-refractivity contribution in [2.45, 2.75) is 50.6 Å². The second-order valence-corrected chi connectivity index (χ2v) is 4.94. The second kappa shape index (κ2) is 5.83. The van der Waals surface area contributed by atoms with Crippen molar-refractivity contribution in [3.05, 3.63) is 0 Å². The molecule has 0 aromatic carbocycles. The zero-order chi connectivity index (χ0) is 10.5. The van der Waals surface area contributed by atoms with Crippen molar-refractivity contribution in [1.82, 2.24) is 10.6 Å². The van der Waals surface area contributed by atoms with Gasteiger partial charge in [0.15, 0.2) is 0 Å². The Balaban J connectivity index is 1.76. The zero-order valence-electron chi connectivity index (χ0n) is 9.54. The lowest BCUT2D eigenvalue weighted by Gasteiger charge is -2.26. The van der Waals surface area contributed by atoms with Crippen LogP contribution >= 0.6 is 0 Å². The Morgan fingerprint density at radius 2 is 2.13 bits per heavy atom. The van der Waals surface area contributed by atoms with Crippen LogP contribution in [0.25, 0.3) is 0 Å². The molecule has 1 aliphatic heterocycles. The summed E-state index contributed by atoms with van der Waals surface area (Å²) in [5.41, 5.74) is 0. The van der Waals surface area contributed by atoms with Crippen molar-refractivity contribution < 1.29 is 5.11 Å². The van der Waals surface area contributed by atoms with E-state index >= 15 is 0 Å². The van der Waals surface area contributed by atoms with Crippen LogP contribution in [0.1, 0.15) is 38.5 Å². The lowest BCUT2D eigenvalue weighted by Crippen LogP contribution is -2.42. The van der Waals surface area contributed by atoms with Gasteiger partial charge in [0, 0.05) is 18.7 Å². The summed E-state index contributed by atoms with van der Waals surface area (Å²) >= 11 is 0. The van der Waals surface area contributed by atoms with Crippen LogP contribution in [0.2, 0.25) is 0 Å². The van der Waals surface area contributed by atoms with Gasteiger partial charge in [-0.3, -0.25) is 0 Å². The van der Waals surface area contributed by atoms with Gasteiger partial charge in [-0.15, -0.1) is 0 Å². The third-order valence-electron chi connectivity index (χ3n) is 3.93. The van der Waals surface area contributed by atoms with Crippen LogP contribution in [0.3, 0.4) is 0 Å². The summed E-state index contributed by atoms with van der Waals surface area (Å²) < 4.78 is 0. The Morgan fingerprint density at radius 3 is 2.87 bits per heavy atom. The number of rotatable bonds is 5. The Morgan fingerprint density at radius 1 is 1.20 bits per heavy atom. The summed E-state index contributed by atoms with van der Waals surface area (Å²) in [6.07, 6.45) is 7.69. The maximum Gasteiger partial charge on any atom is 0.0443 e. The average Bonchev–Trinajstić information content (AvgIpc) is 2.87. The minimum Gasteiger partial charge on any atom is -0.396 e. The molecule has 0 aromatic heterocycles. The van der Waals surface area contributed by atoms with Crippen molar-refractivity contribution in [3.8, 4) is 0 Å². The molecule has 88 valence electrons. The molecule has 3 atom stereocenters. The predicted molar refractivity (Wildman–Crippen MR) is 61.9 cm³/mol. The van der Waals surface area contributed by atoms with Crippen molar-refractivity contribution in [2.75, 3.05) is 19.7 Å². The normalized spacial score (nSPS) is 36.2. The van der Waals surface area contributed by atoms with Crippen molar-refractivity contribution in [3.63, 3.8) is 0 Å². The monoisotopic (exact) mass is 212 g/mol. The fourth-order valence-corrected chi connectivity index (χ4v) is 3.17. The molecule has 0 bridgehead atoms. The van der Waals surface area contributed by atoms with E-state index < -0.39 is 0 Å². The van der Waals surface area contributed by atoms with E-state index in [1.807, 2.05) is 0 Å². The molecule has 1 saturated carbocycles. The molecule has 0 aromatic rings. The molecule has 15 heavy (non-hydrogen) atoms. The van der Waals surface area contributed by atoms with Crippen molar-refractivity contribution >= 4 is 0 Å². The van der Waals surface area contributed by atoms with Crippen molar-refractivity contribution in [2.24, 2.45) is 5.92 Å². The molecular weight excluding hydrogens is 188 g/mol. The van der Waals surface area contributed by atoms with Gasteiger partial charge in [0.2, 0.25) is 0 Å². The van der Waals surface area contributed by atoms with Gasteiger partial charge in [-0.25, -0.2) is 0 Å². The summed E-state index contributed by atoms with van der Waals surface area (Å²) in [7, 11) is 0. The van der Waals surface area contributed by atoms with Gasteiger partial charge in [-0.1, -0.05) is 6.42 Å². The fourth-order valence-electron chi connectivity index (χ4n) is 3.17. The molecule has 2 aliphatic rings. The molecular formula is C12H24N2O. The first-order valence-corrected chi connectivity index (χ1v) is 6.49. The molecule has 2 fully saturated rings. The topological polar surface area (TPSA) is 44.3 Å². The maximum atomic E-state index is 8.77. The number of aliphatic hydroxyl groups is 1. The minimum atomic E-state index is 0.312. The maximum absolute atomic E-state index is 8.77. The van der Waals surface area contributed by atoms with Crippen LogP contribution in [-0.4, -0.2) is 36.9 Å². The molecule has 3 unspecified atom stereocenters. The van der Waals surface area contributed by atoms with E-state index in [0.717, 1.165) is 24.9 Å². The highest BCUT2D eigenvalue weighted by Gasteiger charge is 2.34. The zero-order valence-corrected chi connectivity index (χ0v) is 9.54. The minimum absolute atomic E-state index is 0.312. The second-order valence-electron chi connectivity index (χ2n) is 4.94. The van der Waals surface area contributed by atoms with Gasteiger partial charge in [-0.2, -0.15) is 0 Å². The SMILES string of the molecule is OCCCNC1CCCC1C1CCCN1. The summed E-state index contributed by atoms with van der Waals surface area (Å²) in [4.78, 5) is 0. The summed E-state index contributed by atoms with van der Waals surface area (Å²) in [5.74, 6) is 0.839. The smallest absolute Gasteiger partial charge is 0.0443 e. The molecule has 0 spiro atoms. The van der Waals surface area contributed by atoms with Crippen LogP contribution in [0.5, 0.6) is 0 Å². The standard InChI is InChI=1S/C12H24N2O/c15-9-3-8-14-11-5-1-4-10(11)12-6-2-7-13-12/h10-15H,1-9H2. The van der Waals surface area contributed by atoms with Crippen LogP contribution < -0.4 is 10.6 Å². The molecule has 3 nitrogen and oxygen atoms in total. The first-order chi connectivity index (χ1) is 7.42. The van der Waals surface area contributed by atoms with Crippen molar-refractivity contribution in [1.29, 1.82) is 0 Å². The van der Waals surface area contributed by atoms with Crippen LogP contribution in [-0.2, 0) is 0 Å². The van der Waals surface area contributed by atoms with Gasteiger partial charge in [0.1, 0.15) is 0 Å². The van der Waals surface area contributed by atoms with E-state index in [1.165, 1.54) is 38.6 Å². The number of nitrogens with one attached hydrogen (secondary N) is 2. The van der Waals surface area contributed by atoms with E-state index in [0.29, 0.717) is 12.6 Å². The van der Waals surface area contributed by atoms with Gasteiger partial charge in [0.05, 0.1) is 0 Å². The predicted octanol–water partition coefficient (Wildman–Crippen LogP) is 0.879. The summed E-state index contributed by atoms with van der Waals surface area (Å²) in [6.45, 7) is 2.50. The van der Waals surface area contributed by atoms with E-state index in [4.69, 9.17) is 5.11 Å². The van der Waals surface area contributed by atoms with Crippen LogP contribution in [0.15, 0.2) is 0 Å². The first-order valence-electron chi connectivity index (χ1n) is 6.49. The molecule has 0 radical (unpaired) electrons. The molecule has 1 saturated heterocycles. The lowest BCUT2D eigenvalue weighted by molar-refractivity contribution is 0.271. The Kier molecular flexibility index (Phi) is 4.42. The summed E-state index contributed by atoms with van der Waals surface area (Å²) in [5, 5.41) is 16.0. The van der Waals surface area contributed by atoms with E-state index in [9.17, 15) is 0 Å². The average molecular weight is 212 g/mol. The first kappa shape index (κ1) is 11.4. The number of hydrogen-bond acceptors (Lipinski definition) is 3. The van der Waals surface area contributed by atoms with Crippen LogP contribution in [0, 0.1) is 5.92 Å². The van der Waals surface area contributed by atoms with Gasteiger partial charge in [-0.05, 0) is 51.1 Å². The highest BCUT2D eigenvalue weighted by atomic mass is 16.3. The van der Waals surface area contributed by atoms with E-state index in [2.05, 4.69) is 10.6 Å². The highest BCUT2D eigenvalue weighted by molar-refractivity contribution is 4.93. The van der Waals surface area contributed by atoms with Gasteiger partial charge < -0.3 is 15.7 Å². The number of hydrogen-bond donors (Lipinski definition) is 3. The highest BCUT2D eigenvalue weighted by Crippen LogP contribution is 2.31. The Hall–Kier alpha value is -0.120. The molecule has 1 aliphatic carbocycles. The Labute approximate surface area is 92.6 Å². The molecule has 2 rings (SSSR count). The third kappa shape index (κ3) is 2.92. The molecule has 1 heterocycles. The molecule has 0 amide bonds. The molecule has 3 heteroatoms. The third-order valence-corrected chi connectivity index (χ3v) is 3.93. The largest absolute Gasteiger partial charge is 0.396 e. The fraction of sp³-hybridized carbons (Fsp3) is 1.00. The van der Waals surface area contributed by atoms with E-state index in [-0.39, 0.29) is 0 Å². The van der Waals surface area contributed by atoms with Gasteiger partial charge in [0.25, 0.3) is 0 Å². The summed E-state index contributed by atoms with van der Waals surface area (Å²) in [6, 6.07) is 1.46. The Bertz CT molecular complexity index is 180.